The van der Waals surface area contributed by atoms with E-state index in [4.69, 9.17) is 9.84 Å². The van der Waals surface area contributed by atoms with Crippen LogP contribution in [0.15, 0.2) is 36.4 Å². The fourth-order valence-corrected chi connectivity index (χ4v) is 3.07. The number of aryl methyl sites for hydroxylation is 1. The van der Waals surface area contributed by atoms with E-state index in [2.05, 4.69) is 10.6 Å². The molecule has 0 saturated heterocycles. The predicted molar refractivity (Wildman–Crippen MR) is 104 cm³/mol. The molecule has 0 radical (unpaired) electrons. The quantitative estimate of drug-likeness (QED) is 0.757. The third kappa shape index (κ3) is 4.49. The van der Waals surface area contributed by atoms with Crippen molar-refractivity contribution in [3.8, 4) is 5.75 Å². The maximum Gasteiger partial charge on any atom is 0.407 e. The second-order valence-corrected chi connectivity index (χ2v) is 6.43. The lowest BCUT2D eigenvalue weighted by molar-refractivity contribution is 0.140. The van der Waals surface area contributed by atoms with Gasteiger partial charge in [0.05, 0.1) is 6.61 Å². The molecule has 0 saturated carbocycles. The van der Waals surface area contributed by atoms with Gasteiger partial charge in [-0.2, -0.15) is 0 Å². The molecule has 2 aromatic rings. The lowest BCUT2D eigenvalue weighted by atomic mass is 9.99. The minimum atomic E-state index is -0.910. The number of urea groups is 1. The van der Waals surface area contributed by atoms with Crippen LogP contribution in [0.1, 0.15) is 23.6 Å². The van der Waals surface area contributed by atoms with Crippen LogP contribution in [0.25, 0.3) is 0 Å². The van der Waals surface area contributed by atoms with Crippen LogP contribution >= 0.6 is 0 Å². The molecule has 0 aromatic heterocycles. The topological polar surface area (TPSA) is 90.9 Å². The molecular formula is C20H23N3O4. The van der Waals surface area contributed by atoms with Gasteiger partial charge in [-0.1, -0.05) is 12.1 Å². The number of anilines is 2. The van der Waals surface area contributed by atoms with Crippen LogP contribution in [0, 0.1) is 6.92 Å². The number of carboxylic acid groups (broad SMARTS) is 1. The number of nitrogens with zero attached hydrogens (tertiary/aromatic N) is 1. The monoisotopic (exact) mass is 369 g/mol. The van der Waals surface area contributed by atoms with Crippen molar-refractivity contribution < 1.29 is 19.4 Å². The molecule has 0 fully saturated rings. The molecule has 3 amide bonds. The molecule has 1 heterocycles. The van der Waals surface area contributed by atoms with Crippen molar-refractivity contribution in [2.24, 2.45) is 0 Å². The molecule has 3 rings (SSSR count). The van der Waals surface area contributed by atoms with Crippen molar-refractivity contribution >= 4 is 23.5 Å². The van der Waals surface area contributed by atoms with Gasteiger partial charge in [0.25, 0.3) is 0 Å². The molecule has 0 unspecified atom stereocenters. The summed E-state index contributed by atoms with van der Waals surface area (Å²) in [5.41, 5.74) is 4.32. The molecule has 1 aliphatic heterocycles. The molecule has 2 aromatic carbocycles. The molecule has 142 valence electrons. The summed E-state index contributed by atoms with van der Waals surface area (Å²) in [6.07, 6.45) is -0.277. The summed E-state index contributed by atoms with van der Waals surface area (Å²) in [5.74, 6) is 0.704. The average molecular weight is 369 g/mol. The minimum Gasteiger partial charge on any atom is -0.494 e. The van der Waals surface area contributed by atoms with Crippen molar-refractivity contribution in [2.75, 3.05) is 23.8 Å². The first kappa shape index (κ1) is 18.6. The van der Waals surface area contributed by atoms with Crippen LogP contribution in [-0.2, 0) is 13.0 Å². The number of benzene rings is 2. The molecule has 1 aliphatic rings. The molecule has 7 nitrogen and oxygen atoms in total. The van der Waals surface area contributed by atoms with Gasteiger partial charge in [-0.25, -0.2) is 9.59 Å². The van der Waals surface area contributed by atoms with E-state index >= 15 is 0 Å². The number of ether oxygens (including phenoxy) is 1. The van der Waals surface area contributed by atoms with E-state index in [1.54, 1.807) is 12.1 Å². The van der Waals surface area contributed by atoms with E-state index < -0.39 is 6.09 Å². The number of hydrogen-bond donors (Lipinski definition) is 3. The molecule has 3 N–H and O–H groups in total. The first-order valence-corrected chi connectivity index (χ1v) is 8.87. The standard InChI is InChI=1S/C20H23N3O4/c1-3-27-17-7-4-13(2)18(11-17)22-19(24)21-16-6-5-15-12-23(20(25)26)9-8-14(15)10-16/h4-7,10-11H,3,8-9,12H2,1-2H3,(H,25,26)(H2,21,22,24). The summed E-state index contributed by atoms with van der Waals surface area (Å²) in [6.45, 7) is 5.22. The zero-order valence-electron chi connectivity index (χ0n) is 15.4. The highest BCUT2D eigenvalue weighted by atomic mass is 16.5. The molecule has 0 aliphatic carbocycles. The number of carbonyl (C=O) groups excluding carboxylic acids is 1. The number of carbonyl (C=O) groups is 2. The van der Waals surface area contributed by atoms with Crippen LogP contribution in [0.2, 0.25) is 0 Å². The molecule has 7 heteroatoms. The van der Waals surface area contributed by atoms with Crippen LogP contribution in [-0.4, -0.2) is 35.3 Å². The first-order valence-electron chi connectivity index (χ1n) is 8.87. The van der Waals surface area contributed by atoms with E-state index in [1.807, 2.05) is 38.1 Å². The smallest absolute Gasteiger partial charge is 0.407 e. The Bertz CT molecular complexity index is 866. The zero-order chi connectivity index (χ0) is 19.4. The van der Waals surface area contributed by atoms with Gasteiger partial charge >= 0.3 is 12.1 Å². The van der Waals surface area contributed by atoms with E-state index in [0.717, 1.165) is 16.7 Å². The van der Waals surface area contributed by atoms with Gasteiger partial charge in [0.1, 0.15) is 5.75 Å². The van der Waals surface area contributed by atoms with E-state index in [9.17, 15) is 9.59 Å². The Kier molecular flexibility index (Phi) is 5.49. The van der Waals surface area contributed by atoms with Gasteiger partial charge in [-0.15, -0.1) is 0 Å². The van der Waals surface area contributed by atoms with Crippen LogP contribution in [0.3, 0.4) is 0 Å². The average Bonchev–Trinajstić information content (AvgIpc) is 2.64. The van der Waals surface area contributed by atoms with E-state index in [-0.39, 0.29) is 6.03 Å². The molecule has 0 spiro atoms. The molecule has 27 heavy (non-hydrogen) atoms. The van der Waals surface area contributed by atoms with Gasteiger partial charge < -0.3 is 25.4 Å². The molecule has 0 bridgehead atoms. The number of rotatable bonds is 4. The Hall–Kier alpha value is -3.22. The lowest BCUT2D eigenvalue weighted by Crippen LogP contribution is -2.34. The van der Waals surface area contributed by atoms with Crippen molar-refractivity contribution in [1.82, 2.24) is 4.90 Å². The fourth-order valence-electron chi connectivity index (χ4n) is 3.07. The fraction of sp³-hybridized carbons (Fsp3) is 0.300. The van der Waals surface area contributed by atoms with E-state index in [0.29, 0.717) is 43.2 Å². The Morgan fingerprint density at radius 1 is 1.15 bits per heavy atom. The van der Waals surface area contributed by atoms with Crippen molar-refractivity contribution in [2.45, 2.75) is 26.8 Å². The SMILES string of the molecule is CCOc1ccc(C)c(NC(=O)Nc2ccc3c(c2)CCN(C(=O)O)C3)c1. The van der Waals surface area contributed by atoms with Crippen LogP contribution < -0.4 is 15.4 Å². The number of hydrogen-bond acceptors (Lipinski definition) is 3. The zero-order valence-corrected chi connectivity index (χ0v) is 15.4. The summed E-state index contributed by atoms with van der Waals surface area (Å²) < 4.78 is 5.47. The van der Waals surface area contributed by atoms with Gasteiger partial charge in [-0.05, 0) is 55.2 Å². The summed E-state index contributed by atoms with van der Waals surface area (Å²) in [4.78, 5) is 24.8. The second kappa shape index (κ2) is 7.99. The first-order chi connectivity index (χ1) is 13.0. The minimum absolute atomic E-state index is 0.338. The largest absolute Gasteiger partial charge is 0.494 e. The van der Waals surface area contributed by atoms with Gasteiger partial charge in [-0.3, -0.25) is 0 Å². The predicted octanol–water partition coefficient (Wildman–Crippen LogP) is 4.07. The van der Waals surface area contributed by atoms with Gasteiger partial charge in [0.2, 0.25) is 0 Å². The molecular weight excluding hydrogens is 346 g/mol. The second-order valence-electron chi connectivity index (χ2n) is 6.43. The summed E-state index contributed by atoms with van der Waals surface area (Å²) >= 11 is 0. The maximum atomic E-state index is 12.4. The summed E-state index contributed by atoms with van der Waals surface area (Å²) in [5, 5.41) is 14.8. The Morgan fingerprint density at radius 2 is 1.96 bits per heavy atom. The Labute approximate surface area is 157 Å². The van der Waals surface area contributed by atoms with Crippen LogP contribution in [0.4, 0.5) is 21.0 Å². The number of nitrogens with one attached hydrogen (secondary N) is 2. The van der Waals surface area contributed by atoms with Crippen LogP contribution in [0.5, 0.6) is 5.75 Å². The third-order valence-electron chi connectivity index (χ3n) is 4.52. The lowest BCUT2D eigenvalue weighted by Gasteiger charge is -2.26. The highest BCUT2D eigenvalue weighted by Crippen LogP contribution is 2.24. The van der Waals surface area contributed by atoms with E-state index in [1.165, 1.54) is 4.90 Å². The third-order valence-corrected chi connectivity index (χ3v) is 4.52. The number of amides is 3. The highest BCUT2D eigenvalue weighted by molar-refractivity contribution is 6.00. The summed E-state index contributed by atoms with van der Waals surface area (Å²) in [6, 6.07) is 10.8. The molecule has 0 atom stereocenters. The van der Waals surface area contributed by atoms with Crippen molar-refractivity contribution in [3.05, 3.63) is 53.1 Å². The maximum absolute atomic E-state index is 12.4. The number of fused-ring (bicyclic) bond motifs is 1. The van der Waals surface area contributed by atoms with Gasteiger partial charge in [0, 0.05) is 30.5 Å². The highest BCUT2D eigenvalue weighted by Gasteiger charge is 2.20. The normalized spacial score (nSPS) is 12.9. The van der Waals surface area contributed by atoms with Crippen molar-refractivity contribution in [1.29, 1.82) is 0 Å². The van der Waals surface area contributed by atoms with Gasteiger partial charge in [0.15, 0.2) is 0 Å². The Balaban J connectivity index is 1.67. The Morgan fingerprint density at radius 3 is 2.70 bits per heavy atom. The summed E-state index contributed by atoms with van der Waals surface area (Å²) in [7, 11) is 0. The van der Waals surface area contributed by atoms with Crippen molar-refractivity contribution in [3.63, 3.8) is 0 Å².